The van der Waals surface area contributed by atoms with Crippen LogP contribution in [0, 0.1) is 0 Å². The van der Waals surface area contributed by atoms with E-state index < -0.39 is 0 Å². The average molecular weight is 364 g/mol. The number of nitrogens with zero attached hydrogens (tertiary/aromatic N) is 4. The molecule has 4 rings (SSSR count). The quantitative estimate of drug-likeness (QED) is 0.489. The molecule has 0 atom stereocenters. The lowest BCUT2D eigenvalue weighted by molar-refractivity contribution is 0.725. The molecule has 26 heavy (non-hydrogen) atoms. The number of imidazole rings is 1. The molecule has 3 heterocycles. The Bertz CT molecular complexity index is 992. The van der Waals surface area contributed by atoms with Gasteiger partial charge in [-0.1, -0.05) is 41.7 Å². The number of anilines is 1. The number of rotatable bonds is 7. The highest BCUT2D eigenvalue weighted by atomic mass is 32.1. The maximum Gasteiger partial charge on any atom is 0.203 e. The lowest BCUT2D eigenvalue weighted by Crippen LogP contribution is -1.90. The van der Waals surface area contributed by atoms with Crippen LogP contribution in [0.1, 0.15) is 34.8 Å². The van der Waals surface area contributed by atoms with Crippen LogP contribution in [-0.2, 0) is 19.3 Å². The number of nitrogens with two attached hydrogens (primary N) is 1. The molecule has 0 aliphatic heterocycles. The summed E-state index contributed by atoms with van der Waals surface area (Å²) in [5, 5.41) is 9.45. The van der Waals surface area contributed by atoms with Crippen LogP contribution in [0.25, 0.3) is 11.2 Å². The molecule has 0 saturated carbocycles. The predicted molar refractivity (Wildman–Crippen MR) is 104 cm³/mol. The second-order valence-electron chi connectivity index (χ2n) is 6.30. The molecule has 0 radical (unpaired) electrons. The fourth-order valence-electron chi connectivity index (χ4n) is 2.98. The largest absolute Gasteiger partial charge is 0.374 e. The monoisotopic (exact) mass is 364 g/mol. The van der Waals surface area contributed by atoms with E-state index in [0.29, 0.717) is 5.13 Å². The van der Waals surface area contributed by atoms with E-state index in [1.165, 1.54) is 22.5 Å². The average Bonchev–Trinajstić information content (AvgIpc) is 3.24. The van der Waals surface area contributed by atoms with Crippen LogP contribution in [0.2, 0.25) is 0 Å². The summed E-state index contributed by atoms with van der Waals surface area (Å²) in [6, 6.07) is 12.5. The van der Waals surface area contributed by atoms with Gasteiger partial charge in [0.1, 0.15) is 10.8 Å². The number of aromatic nitrogens is 5. The number of H-pyrrole nitrogens is 1. The summed E-state index contributed by atoms with van der Waals surface area (Å²) < 4.78 is 0. The number of fused-ring (bicyclic) bond motifs is 1. The summed E-state index contributed by atoms with van der Waals surface area (Å²) in [4.78, 5) is 12.5. The molecule has 132 valence electrons. The first kappa shape index (κ1) is 16.7. The summed E-state index contributed by atoms with van der Waals surface area (Å²) in [6.07, 6.45) is 6.78. The van der Waals surface area contributed by atoms with Crippen molar-refractivity contribution in [2.75, 3.05) is 5.73 Å². The summed E-state index contributed by atoms with van der Waals surface area (Å²) in [6.45, 7) is 0. The molecular weight excluding hydrogens is 344 g/mol. The van der Waals surface area contributed by atoms with Gasteiger partial charge in [0.15, 0.2) is 5.65 Å². The van der Waals surface area contributed by atoms with Crippen molar-refractivity contribution in [2.24, 2.45) is 0 Å². The van der Waals surface area contributed by atoms with Gasteiger partial charge in [0.05, 0.1) is 5.52 Å². The fraction of sp³-hybridized carbons (Fsp3) is 0.263. The van der Waals surface area contributed by atoms with E-state index in [1.807, 2.05) is 24.4 Å². The van der Waals surface area contributed by atoms with E-state index in [-0.39, 0.29) is 0 Å². The Kier molecular flexibility index (Phi) is 4.88. The zero-order valence-electron chi connectivity index (χ0n) is 14.4. The van der Waals surface area contributed by atoms with E-state index in [9.17, 15) is 0 Å². The van der Waals surface area contributed by atoms with Gasteiger partial charge in [-0.2, -0.15) is 0 Å². The van der Waals surface area contributed by atoms with Crippen molar-refractivity contribution in [3.05, 3.63) is 64.6 Å². The van der Waals surface area contributed by atoms with Gasteiger partial charge in [-0.3, -0.25) is 0 Å². The standard InChI is InChI=1S/C19H20N6S/c20-19-25-24-17(26-19)9-5-4-8-14-10-15-18(21-12-14)23-16(22-15)11-13-6-2-1-3-7-13/h1-3,6-7,10,12H,4-5,8-9,11H2,(H2,20,25)(H,21,22,23). The third-order valence-corrected chi connectivity index (χ3v) is 5.06. The van der Waals surface area contributed by atoms with Crippen LogP contribution in [-0.4, -0.2) is 25.1 Å². The highest BCUT2D eigenvalue weighted by molar-refractivity contribution is 7.15. The zero-order chi connectivity index (χ0) is 17.8. The van der Waals surface area contributed by atoms with E-state index in [4.69, 9.17) is 5.73 Å². The van der Waals surface area contributed by atoms with Crippen molar-refractivity contribution < 1.29 is 0 Å². The topological polar surface area (TPSA) is 93.4 Å². The summed E-state index contributed by atoms with van der Waals surface area (Å²) in [7, 11) is 0. The first-order chi connectivity index (χ1) is 12.8. The van der Waals surface area contributed by atoms with E-state index in [2.05, 4.69) is 43.3 Å². The molecule has 0 saturated heterocycles. The van der Waals surface area contributed by atoms with E-state index >= 15 is 0 Å². The van der Waals surface area contributed by atoms with Crippen molar-refractivity contribution in [1.82, 2.24) is 25.1 Å². The first-order valence-corrected chi connectivity index (χ1v) is 9.53. The maximum atomic E-state index is 5.60. The molecule has 7 heteroatoms. The number of unbranched alkanes of at least 4 members (excludes halogenated alkanes) is 1. The highest BCUT2D eigenvalue weighted by Gasteiger charge is 2.07. The Hall–Kier alpha value is -2.80. The third kappa shape index (κ3) is 4.05. The van der Waals surface area contributed by atoms with Crippen LogP contribution in [0.4, 0.5) is 5.13 Å². The number of hydrogen-bond donors (Lipinski definition) is 2. The van der Waals surface area contributed by atoms with Gasteiger partial charge < -0.3 is 10.7 Å². The van der Waals surface area contributed by atoms with Crippen LogP contribution in [0.3, 0.4) is 0 Å². The molecule has 0 bridgehead atoms. The molecule has 1 aromatic carbocycles. The Balaban J connectivity index is 1.36. The minimum atomic E-state index is 0.542. The van der Waals surface area contributed by atoms with E-state index in [0.717, 1.165) is 54.1 Å². The number of aryl methyl sites for hydroxylation is 2. The van der Waals surface area contributed by atoms with Crippen molar-refractivity contribution in [1.29, 1.82) is 0 Å². The van der Waals surface area contributed by atoms with E-state index in [1.54, 1.807) is 0 Å². The normalized spacial score (nSPS) is 11.2. The van der Waals surface area contributed by atoms with Crippen molar-refractivity contribution in [2.45, 2.75) is 32.1 Å². The number of nitrogens with one attached hydrogen (secondary N) is 1. The predicted octanol–water partition coefficient (Wildman–Crippen LogP) is 3.55. The molecule has 0 unspecified atom stereocenters. The number of hydrogen-bond acceptors (Lipinski definition) is 6. The molecular formula is C19H20N6S. The van der Waals surface area contributed by atoms with Crippen molar-refractivity contribution in [3.8, 4) is 0 Å². The zero-order valence-corrected chi connectivity index (χ0v) is 15.2. The van der Waals surface area contributed by atoms with Crippen LogP contribution in [0.5, 0.6) is 0 Å². The molecule has 3 N–H and O–H groups in total. The SMILES string of the molecule is Nc1nnc(CCCCc2cnc3nc(Cc4ccccc4)[nH]c3c2)s1. The minimum Gasteiger partial charge on any atom is -0.374 e. The Morgan fingerprint density at radius 2 is 1.85 bits per heavy atom. The number of pyridine rings is 1. The van der Waals surface area contributed by atoms with Gasteiger partial charge in [0.2, 0.25) is 5.13 Å². The summed E-state index contributed by atoms with van der Waals surface area (Å²) in [5.74, 6) is 0.949. The Morgan fingerprint density at radius 1 is 1.00 bits per heavy atom. The molecule has 3 aromatic heterocycles. The molecule has 6 nitrogen and oxygen atoms in total. The molecule has 0 amide bonds. The Labute approximate surface area is 155 Å². The smallest absolute Gasteiger partial charge is 0.203 e. The van der Waals surface area contributed by atoms with Gasteiger partial charge in [0.25, 0.3) is 0 Å². The first-order valence-electron chi connectivity index (χ1n) is 8.71. The number of nitrogen functional groups attached to an aromatic ring is 1. The maximum absolute atomic E-state index is 5.60. The van der Waals surface area contributed by atoms with Crippen LogP contribution in [0.15, 0.2) is 42.6 Å². The summed E-state index contributed by atoms with van der Waals surface area (Å²) >= 11 is 1.47. The lowest BCUT2D eigenvalue weighted by atomic mass is 10.1. The molecule has 4 aromatic rings. The Morgan fingerprint density at radius 3 is 2.65 bits per heavy atom. The molecule has 0 fully saturated rings. The minimum absolute atomic E-state index is 0.542. The van der Waals surface area contributed by atoms with Crippen LogP contribution >= 0.6 is 11.3 Å². The van der Waals surface area contributed by atoms with Gasteiger partial charge in [-0.15, -0.1) is 10.2 Å². The fourth-order valence-corrected chi connectivity index (χ4v) is 3.63. The summed E-state index contributed by atoms with van der Waals surface area (Å²) in [5.41, 5.74) is 9.86. The van der Waals surface area contributed by atoms with Crippen molar-refractivity contribution in [3.63, 3.8) is 0 Å². The van der Waals surface area contributed by atoms with Gasteiger partial charge in [-0.05, 0) is 36.5 Å². The highest BCUT2D eigenvalue weighted by Crippen LogP contribution is 2.17. The van der Waals surface area contributed by atoms with Gasteiger partial charge in [0, 0.05) is 19.0 Å². The second kappa shape index (κ2) is 7.61. The van der Waals surface area contributed by atoms with Crippen molar-refractivity contribution >= 4 is 27.6 Å². The lowest BCUT2D eigenvalue weighted by Gasteiger charge is -2.00. The number of aromatic amines is 1. The molecule has 0 aliphatic carbocycles. The molecule has 0 spiro atoms. The van der Waals surface area contributed by atoms with Crippen LogP contribution < -0.4 is 5.73 Å². The van der Waals surface area contributed by atoms with Gasteiger partial charge >= 0.3 is 0 Å². The van der Waals surface area contributed by atoms with Gasteiger partial charge in [-0.25, -0.2) is 9.97 Å². The number of benzene rings is 1. The molecule has 0 aliphatic rings. The third-order valence-electron chi connectivity index (χ3n) is 4.25. The second-order valence-corrected chi connectivity index (χ2v) is 7.40.